The molecular weight excluding hydrogens is 629 g/mol. The molecule has 2 saturated heterocycles. The highest BCUT2D eigenvalue weighted by molar-refractivity contribution is 5.73. The van der Waals surface area contributed by atoms with E-state index >= 15 is 0 Å². The van der Waals surface area contributed by atoms with Crippen molar-refractivity contribution >= 4 is 29.5 Å². The molecule has 5 rings (SSSR count). The van der Waals surface area contributed by atoms with Crippen LogP contribution in [0.3, 0.4) is 0 Å². The Balaban J connectivity index is 0.000000271. The molecule has 3 aromatic rings. The van der Waals surface area contributed by atoms with E-state index in [1.165, 1.54) is 17.0 Å². The highest BCUT2D eigenvalue weighted by atomic mass is 19.4. The van der Waals surface area contributed by atoms with E-state index in [1.807, 2.05) is 49.4 Å². The van der Waals surface area contributed by atoms with Crippen molar-refractivity contribution in [2.24, 2.45) is 0 Å². The number of benzene rings is 3. The number of alkyl halides is 3. The fraction of sp³-hybridized carbons (Fsp3) is 0.400. The lowest BCUT2D eigenvalue weighted by molar-refractivity contribution is -0.137. The van der Waals surface area contributed by atoms with Crippen LogP contribution in [-0.2, 0) is 22.3 Å². The Kier molecular flexibility index (Phi) is 12.2. The van der Waals surface area contributed by atoms with Gasteiger partial charge in [-0.15, -0.1) is 0 Å². The number of rotatable bonds is 7. The minimum Gasteiger partial charge on any atom is -0.480 e. The van der Waals surface area contributed by atoms with Gasteiger partial charge >= 0.3 is 24.3 Å². The van der Waals surface area contributed by atoms with Gasteiger partial charge in [0.1, 0.15) is 13.2 Å². The van der Waals surface area contributed by atoms with Gasteiger partial charge in [-0.3, -0.25) is 4.79 Å². The molecular formula is C35H41F3N4O6. The zero-order valence-corrected chi connectivity index (χ0v) is 26.7. The van der Waals surface area contributed by atoms with E-state index in [9.17, 15) is 27.6 Å². The number of nitrogens with two attached hydrogens (primary N) is 1. The first-order chi connectivity index (χ1) is 22.8. The SMILES string of the molecule is Cc1ccc(C2CCCN(C(=O)OCc3ccc(C(F)(F)F)cc3)C2)cc1NCC(=O)O.Nc1cccc(C2CCCN(C(=O)O)C2)c1. The second-order valence-corrected chi connectivity index (χ2v) is 12.1. The molecule has 5 N–H and O–H groups in total. The number of hydrogen-bond acceptors (Lipinski definition) is 6. The Bertz CT molecular complexity index is 1570. The summed E-state index contributed by atoms with van der Waals surface area (Å²) < 4.78 is 43.3. The topological polar surface area (TPSA) is 145 Å². The Labute approximate surface area is 277 Å². The van der Waals surface area contributed by atoms with Crippen LogP contribution in [-0.4, -0.2) is 70.9 Å². The first-order valence-electron chi connectivity index (χ1n) is 15.8. The number of nitrogens with zero attached hydrogens (tertiary/aromatic N) is 2. The van der Waals surface area contributed by atoms with E-state index in [4.69, 9.17) is 20.7 Å². The number of aliphatic carboxylic acids is 1. The van der Waals surface area contributed by atoms with E-state index < -0.39 is 29.9 Å². The summed E-state index contributed by atoms with van der Waals surface area (Å²) in [5, 5.41) is 20.8. The predicted molar refractivity (Wildman–Crippen MR) is 175 cm³/mol. The fourth-order valence-corrected chi connectivity index (χ4v) is 5.93. The zero-order valence-electron chi connectivity index (χ0n) is 26.7. The number of nitrogen functional groups attached to an aromatic ring is 1. The first kappa shape index (κ1) is 35.9. The summed E-state index contributed by atoms with van der Waals surface area (Å²) in [5.41, 5.74) is 10.0. The number of carboxylic acid groups (broad SMARTS) is 2. The smallest absolute Gasteiger partial charge is 0.416 e. The molecule has 2 aliphatic rings. The van der Waals surface area contributed by atoms with Crippen molar-refractivity contribution < 1.29 is 42.5 Å². The van der Waals surface area contributed by atoms with Crippen LogP contribution in [0.4, 0.5) is 34.1 Å². The Morgan fingerprint density at radius 2 is 1.52 bits per heavy atom. The van der Waals surface area contributed by atoms with Crippen molar-refractivity contribution in [3.8, 4) is 0 Å². The molecule has 2 fully saturated rings. The minimum atomic E-state index is -4.41. The highest BCUT2D eigenvalue weighted by Gasteiger charge is 2.30. The lowest BCUT2D eigenvalue weighted by atomic mass is 9.90. The molecule has 0 aromatic heterocycles. The van der Waals surface area contributed by atoms with Crippen molar-refractivity contribution in [1.29, 1.82) is 0 Å². The van der Waals surface area contributed by atoms with Crippen LogP contribution in [0.2, 0.25) is 0 Å². The van der Waals surface area contributed by atoms with E-state index in [2.05, 4.69) is 5.32 Å². The number of carbonyl (C=O) groups excluding carboxylic acids is 1. The molecule has 2 unspecified atom stereocenters. The van der Waals surface area contributed by atoms with Crippen molar-refractivity contribution in [2.75, 3.05) is 43.8 Å². The monoisotopic (exact) mass is 670 g/mol. The molecule has 0 aliphatic carbocycles. The van der Waals surface area contributed by atoms with Crippen molar-refractivity contribution in [1.82, 2.24) is 9.80 Å². The van der Waals surface area contributed by atoms with E-state index in [0.717, 1.165) is 65.9 Å². The first-order valence-corrected chi connectivity index (χ1v) is 15.8. The zero-order chi connectivity index (χ0) is 34.8. The van der Waals surface area contributed by atoms with Gasteiger partial charge in [-0.2, -0.15) is 13.2 Å². The third kappa shape index (κ3) is 10.3. The summed E-state index contributed by atoms with van der Waals surface area (Å²) in [7, 11) is 0. The number of anilines is 2. The molecule has 2 atom stereocenters. The average Bonchev–Trinajstić information content (AvgIpc) is 3.07. The lowest BCUT2D eigenvalue weighted by Crippen LogP contribution is -2.39. The molecule has 3 aromatic carbocycles. The summed E-state index contributed by atoms with van der Waals surface area (Å²) in [4.78, 5) is 37.3. The third-order valence-electron chi connectivity index (χ3n) is 8.56. The summed E-state index contributed by atoms with van der Waals surface area (Å²) in [6.45, 7) is 3.82. The largest absolute Gasteiger partial charge is 0.480 e. The van der Waals surface area contributed by atoms with Gasteiger partial charge in [-0.25, -0.2) is 9.59 Å². The predicted octanol–water partition coefficient (Wildman–Crippen LogP) is 7.15. The Morgan fingerprint density at radius 3 is 2.12 bits per heavy atom. The third-order valence-corrected chi connectivity index (χ3v) is 8.56. The van der Waals surface area contributed by atoms with Gasteiger partial charge in [0.15, 0.2) is 0 Å². The van der Waals surface area contributed by atoms with Gasteiger partial charge in [-0.1, -0.05) is 36.4 Å². The number of halogens is 3. The highest BCUT2D eigenvalue weighted by Crippen LogP contribution is 2.32. The molecule has 2 heterocycles. The maximum Gasteiger partial charge on any atom is 0.416 e. The van der Waals surface area contributed by atoms with Gasteiger partial charge in [-0.05, 0) is 85.2 Å². The number of ether oxygens (including phenoxy) is 1. The van der Waals surface area contributed by atoms with E-state index in [-0.39, 0.29) is 25.0 Å². The van der Waals surface area contributed by atoms with Crippen molar-refractivity contribution in [3.63, 3.8) is 0 Å². The van der Waals surface area contributed by atoms with Crippen molar-refractivity contribution in [3.05, 3.63) is 94.5 Å². The van der Waals surface area contributed by atoms with Crippen LogP contribution < -0.4 is 11.1 Å². The van der Waals surface area contributed by atoms with Gasteiger partial charge in [0.05, 0.1) is 5.56 Å². The van der Waals surface area contributed by atoms with E-state index in [1.54, 1.807) is 4.90 Å². The number of aryl methyl sites for hydroxylation is 1. The summed E-state index contributed by atoms with van der Waals surface area (Å²) in [5.74, 6) is -0.587. The number of piperidine rings is 2. The minimum absolute atomic E-state index is 0.0772. The molecule has 0 radical (unpaired) electrons. The molecule has 48 heavy (non-hydrogen) atoms. The fourth-order valence-electron chi connectivity index (χ4n) is 5.93. The average molecular weight is 671 g/mol. The Morgan fingerprint density at radius 1 is 0.896 bits per heavy atom. The molecule has 0 spiro atoms. The van der Waals surface area contributed by atoms with Crippen LogP contribution in [0, 0.1) is 6.92 Å². The Hall–Kier alpha value is -4.94. The summed E-state index contributed by atoms with van der Waals surface area (Å²) >= 11 is 0. The standard InChI is InChI=1S/C23H25F3N2O4.C12H16N2O2/c1-15-4-7-17(11-20(15)27-12-21(29)30)18-3-2-10-28(13-18)22(31)32-14-16-5-8-19(9-6-16)23(24,25)26;13-11-5-1-3-9(7-11)10-4-2-6-14(8-10)12(15)16/h4-9,11,18,27H,2-3,10,12-14H2,1H3,(H,29,30);1,3,5,7,10H,2,4,6,8,13H2,(H,15,16). The number of hydrogen-bond donors (Lipinski definition) is 4. The normalized spacial score (nSPS) is 17.9. The number of nitrogens with one attached hydrogen (secondary N) is 1. The molecule has 2 aliphatic heterocycles. The maximum atomic E-state index is 12.7. The quantitative estimate of drug-likeness (QED) is 0.194. The van der Waals surface area contributed by atoms with Crippen LogP contribution in [0.15, 0.2) is 66.7 Å². The molecule has 10 nitrogen and oxygen atoms in total. The van der Waals surface area contributed by atoms with Gasteiger partial charge in [0.2, 0.25) is 0 Å². The molecule has 0 bridgehead atoms. The molecule has 0 saturated carbocycles. The molecule has 13 heteroatoms. The number of amides is 2. The molecule has 2 amide bonds. The van der Waals surface area contributed by atoms with Crippen LogP contribution >= 0.6 is 0 Å². The van der Waals surface area contributed by atoms with Crippen LogP contribution in [0.5, 0.6) is 0 Å². The number of likely N-dealkylation sites (tertiary alicyclic amines) is 2. The van der Waals surface area contributed by atoms with Gasteiger partial charge < -0.3 is 35.8 Å². The summed E-state index contributed by atoms with van der Waals surface area (Å²) in [6, 6.07) is 18.1. The van der Waals surface area contributed by atoms with Gasteiger partial charge in [0, 0.05) is 49.4 Å². The second-order valence-electron chi connectivity index (χ2n) is 12.1. The lowest BCUT2D eigenvalue weighted by Gasteiger charge is -2.32. The number of carboxylic acids is 1. The second kappa shape index (κ2) is 16.2. The van der Waals surface area contributed by atoms with Crippen LogP contribution in [0.25, 0.3) is 0 Å². The van der Waals surface area contributed by atoms with E-state index in [0.29, 0.717) is 31.7 Å². The molecule has 258 valence electrons. The van der Waals surface area contributed by atoms with Crippen LogP contribution in [0.1, 0.15) is 65.3 Å². The summed E-state index contributed by atoms with van der Waals surface area (Å²) in [6.07, 6.45) is -2.12. The maximum absolute atomic E-state index is 12.7. The van der Waals surface area contributed by atoms with Gasteiger partial charge in [0.25, 0.3) is 0 Å². The number of carbonyl (C=O) groups is 3. The van der Waals surface area contributed by atoms with Crippen molar-refractivity contribution in [2.45, 2.75) is 57.2 Å².